The number of carbonyl (C=O) groups excluding carboxylic acids is 1. The summed E-state index contributed by atoms with van der Waals surface area (Å²) in [7, 11) is 3.29. The molecular formula is C24H26N2O3. The second-order valence-electron chi connectivity index (χ2n) is 7.46. The van der Waals surface area contributed by atoms with Crippen molar-refractivity contribution in [3.8, 4) is 11.5 Å². The number of hydrogen-bond acceptors (Lipinski definition) is 4. The zero-order valence-electron chi connectivity index (χ0n) is 16.9. The van der Waals surface area contributed by atoms with Crippen molar-refractivity contribution >= 4 is 16.8 Å². The molecule has 29 heavy (non-hydrogen) atoms. The van der Waals surface area contributed by atoms with Gasteiger partial charge in [-0.3, -0.25) is 9.78 Å². The van der Waals surface area contributed by atoms with Crippen LogP contribution in [0.4, 0.5) is 0 Å². The Labute approximate surface area is 171 Å². The van der Waals surface area contributed by atoms with Crippen molar-refractivity contribution < 1.29 is 14.3 Å². The number of rotatable bonds is 5. The third-order valence-corrected chi connectivity index (χ3v) is 5.81. The van der Waals surface area contributed by atoms with Crippen LogP contribution in [0.1, 0.15) is 47.5 Å². The van der Waals surface area contributed by atoms with Gasteiger partial charge in [0.2, 0.25) is 0 Å². The van der Waals surface area contributed by atoms with Crippen LogP contribution in [0.15, 0.2) is 54.7 Å². The lowest BCUT2D eigenvalue weighted by molar-refractivity contribution is 0.0922. The van der Waals surface area contributed by atoms with Gasteiger partial charge in [0.25, 0.3) is 5.91 Å². The van der Waals surface area contributed by atoms with Gasteiger partial charge in [0.05, 0.1) is 25.3 Å². The highest BCUT2D eigenvalue weighted by atomic mass is 16.5. The average Bonchev–Trinajstić information content (AvgIpc) is 2.78. The molecule has 0 saturated heterocycles. The Hall–Kier alpha value is -3.08. The number of pyridine rings is 1. The molecule has 2 aromatic carbocycles. The first kappa shape index (κ1) is 19.2. The van der Waals surface area contributed by atoms with Crippen LogP contribution in [0.3, 0.4) is 0 Å². The van der Waals surface area contributed by atoms with Gasteiger partial charge in [-0.25, -0.2) is 0 Å². The number of amides is 1. The minimum Gasteiger partial charge on any atom is -0.493 e. The average molecular weight is 390 g/mol. The first-order valence-electron chi connectivity index (χ1n) is 10.1. The van der Waals surface area contributed by atoms with Crippen LogP contribution in [0, 0.1) is 0 Å². The molecule has 0 bridgehead atoms. The number of carbonyl (C=O) groups is 1. The number of methoxy groups -OCH3 is 2. The molecule has 1 amide bonds. The zero-order valence-corrected chi connectivity index (χ0v) is 16.9. The first-order valence-corrected chi connectivity index (χ1v) is 10.1. The number of benzene rings is 2. The number of ether oxygens (including phenoxy) is 2. The van der Waals surface area contributed by atoms with E-state index in [-0.39, 0.29) is 17.9 Å². The maximum Gasteiger partial charge on any atom is 0.252 e. The molecule has 0 spiro atoms. The Kier molecular flexibility index (Phi) is 5.65. The highest BCUT2D eigenvalue weighted by Crippen LogP contribution is 2.37. The van der Waals surface area contributed by atoms with E-state index in [4.69, 9.17) is 9.47 Å². The molecule has 3 aromatic rings. The molecular weight excluding hydrogens is 364 g/mol. The number of hydrogen-bond donors (Lipinski definition) is 1. The summed E-state index contributed by atoms with van der Waals surface area (Å²) in [6.45, 7) is 0. The summed E-state index contributed by atoms with van der Waals surface area (Å²) >= 11 is 0. The van der Waals surface area contributed by atoms with Gasteiger partial charge in [-0.05, 0) is 42.7 Å². The zero-order chi connectivity index (χ0) is 20.2. The fourth-order valence-electron chi connectivity index (χ4n) is 4.33. The van der Waals surface area contributed by atoms with Crippen molar-refractivity contribution in [3.63, 3.8) is 0 Å². The van der Waals surface area contributed by atoms with E-state index in [1.54, 1.807) is 26.5 Å². The van der Waals surface area contributed by atoms with E-state index in [0.29, 0.717) is 5.56 Å². The van der Waals surface area contributed by atoms with Crippen LogP contribution in [-0.4, -0.2) is 31.2 Å². The van der Waals surface area contributed by atoms with Crippen LogP contribution in [0.5, 0.6) is 11.5 Å². The summed E-state index contributed by atoms with van der Waals surface area (Å²) in [4.78, 5) is 17.5. The molecule has 1 aliphatic carbocycles. The molecule has 1 heterocycles. The summed E-state index contributed by atoms with van der Waals surface area (Å²) in [6, 6.07) is 15.7. The maximum absolute atomic E-state index is 13.1. The first-order chi connectivity index (χ1) is 14.2. The van der Waals surface area contributed by atoms with E-state index in [0.717, 1.165) is 48.1 Å². The third kappa shape index (κ3) is 3.90. The van der Waals surface area contributed by atoms with E-state index in [1.165, 1.54) is 5.56 Å². The van der Waals surface area contributed by atoms with E-state index in [2.05, 4.69) is 16.4 Å². The summed E-state index contributed by atoms with van der Waals surface area (Å²) in [6.07, 6.45) is 5.98. The number of nitrogens with zero attached hydrogens (tertiary/aromatic N) is 1. The smallest absolute Gasteiger partial charge is 0.252 e. The molecule has 2 atom stereocenters. The standard InChI is InChI=1S/C24H26N2O3/c1-28-22-12-11-16(15-23(22)29-2)17-7-3-6-10-21(17)26-24(27)19-13-14-25-20-9-5-4-8-18(19)20/h4-5,8-9,11-15,17,21H,3,6-7,10H2,1-2H3,(H,26,27)/t17-,21-/m1/s1. The van der Waals surface area contributed by atoms with Gasteiger partial charge in [-0.15, -0.1) is 0 Å². The number of fused-ring (bicyclic) bond motifs is 1. The topological polar surface area (TPSA) is 60.5 Å². The van der Waals surface area contributed by atoms with Gasteiger partial charge in [-0.1, -0.05) is 37.1 Å². The minimum atomic E-state index is -0.0408. The monoisotopic (exact) mass is 390 g/mol. The fraction of sp³-hybridized carbons (Fsp3) is 0.333. The molecule has 0 unspecified atom stereocenters. The summed E-state index contributed by atoms with van der Waals surface area (Å²) in [5, 5.41) is 4.18. The van der Waals surface area contributed by atoms with Gasteiger partial charge in [0, 0.05) is 23.5 Å². The predicted molar refractivity (Wildman–Crippen MR) is 114 cm³/mol. The van der Waals surface area contributed by atoms with Gasteiger partial charge in [-0.2, -0.15) is 0 Å². The summed E-state index contributed by atoms with van der Waals surface area (Å²) < 4.78 is 10.9. The molecule has 0 radical (unpaired) electrons. The number of para-hydroxylation sites is 1. The second-order valence-corrected chi connectivity index (χ2v) is 7.46. The molecule has 1 fully saturated rings. The Balaban J connectivity index is 1.60. The molecule has 150 valence electrons. The molecule has 1 saturated carbocycles. The molecule has 5 heteroatoms. The molecule has 1 N–H and O–H groups in total. The Morgan fingerprint density at radius 3 is 2.62 bits per heavy atom. The Bertz CT molecular complexity index is 1010. The van der Waals surface area contributed by atoms with Gasteiger partial charge in [0.15, 0.2) is 11.5 Å². The van der Waals surface area contributed by atoms with Crippen molar-refractivity contribution in [1.82, 2.24) is 10.3 Å². The van der Waals surface area contributed by atoms with Crippen LogP contribution in [0.2, 0.25) is 0 Å². The van der Waals surface area contributed by atoms with Crippen LogP contribution in [0.25, 0.3) is 10.9 Å². The lowest BCUT2D eigenvalue weighted by atomic mass is 9.79. The molecule has 1 aliphatic rings. The molecule has 5 nitrogen and oxygen atoms in total. The van der Waals surface area contributed by atoms with E-state index >= 15 is 0 Å². The minimum absolute atomic E-state index is 0.0408. The molecule has 1 aromatic heterocycles. The predicted octanol–water partition coefficient (Wildman–Crippen LogP) is 4.71. The van der Waals surface area contributed by atoms with Crippen molar-refractivity contribution in [1.29, 1.82) is 0 Å². The third-order valence-electron chi connectivity index (χ3n) is 5.81. The lowest BCUT2D eigenvalue weighted by Gasteiger charge is -2.33. The molecule has 0 aliphatic heterocycles. The normalized spacial score (nSPS) is 19.0. The number of aromatic nitrogens is 1. The highest BCUT2D eigenvalue weighted by Gasteiger charge is 2.29. The SMILES string of the molecule is COc1ccc([C@H]2CCCC[C@H]2NC(=O)c2ccnc3ccccc23)cc1OC. The van der Waals surface area contributed by atoms with Crippen LogP contribution < -0.4 is 14.8 Å². The van der Waals surface area contributed by atoms with Crippen LogP contribution >= 0.6 is 0 Å². The van der Waals surface area contributed by atoms with Crippen molar-refractivity contribution in [3.05, 3.63) is 65.9 Å². The summed E-state index contributed by atoms with van der Waals surface area (Å²) in [5.41, 5.74) is 2.68. The van der Waals surface area contributed by atoms with Crippen molar-refractivity contribution in [2.24, 2.45) is 0 Å². The lowest BCUT2D eigenvalue weighted by Crippen LogP contribution is -2.41. The van der Waals surface area contributed by atoms with Crippen molar-refractivity contribution in [2.75, 3.05) is 14.2 Å². The second kappa shape index (κ2) is 8.52. The quantitative estimate of drug-likeness (QED) is 0.685. The highest BCUT2D eigenvalue weighted by molar-refractivity contribution is 6.06. The van der Waals surface area contributed by atoms with E-state index < -0.39 is 0 Å². The van der Waals surface area contributed by atoms with E-state index in [9.17, 15) is 4.79 Å². The van der Waals surface area contributed by atoms with Crippen molar-refractivity contribution in [2.45, 2.75) is 37.6 Å². The van der Waals surface area contributed by atoms with E-state index in [1.807, 2.05) is 36.4 Å². The summed E-state index contributed by atoms with van der Waals surface area (Å²) in [5.74, 6) is 1.65. The fourth-order valence-corrected chi connectivity index (χ4v) is 4.33. The number of nitrogens with one attached hydrogen (secondary N) is 1. The van der Waals surface area contributed by atoms with Crippen LogP contribution in [-0.2, 0) is 0 Å². The van der Waals surface area contributed by atoms with Gasteiger partial charge < -0.3 is 14.8 Å². The van der Waals surface area contributed by atoms with Gasteiger partial charge in [0.1, 0.15) is 0 Å². The molecule has 4 rings (SSSR count). The van der Waals surface area contributed by atoms with Gasteiger partial charge >= 0.3 is 0 Å². The Morgan fingerprint density at radius 1 is 1.00 bits per heavy atom. The Morgan fingerprint density at radius 2 is 1.79 bits per heavy atom. The maximum atomic E-state index is 13.1. The largest absolute Gasteiger partial charge is 0.493 e.